The van der Waals surface area contributed by atoms with E-state index in [1.54, 1.807) is 121 Å². The first-order valence-electron chi connectivity index (χ1n) is 34.4. The molecule has 2 fully saturated rings. The van der Waals surface area contributed by atoms with Crippen LogP contribution in [-0.2, 0) is 73.2 Å². The molecule has 21 nitrogen and oxygen atoms in total. The lowest BCUT2D eigenvalue weighted by Crippen LogP contribution is -2.45. The van der Waals surface area contributed by atoms with E-state index in [-0.39, 0.29) is 173 Å². The van der Waals surface area contributed by atoms with Crippen LogP contribution in [0.15, 0.2) is 217 Å². The van der Waals surface area contributed by atoms with E-state index in [0.717, 1.165) is 44.5 Å². The maximum atomic E-state index is 14.9. The lowest BCUT2D eigenvalue weighted by atomic mass is 10.1. The summed E-state index contributed by atoms with van der Waals surface area (Å²) >= 11 is 0. The van der Waals surface area contributed by atoms with Crippen molar-refractivity contribution in [2.75, 3.05) is 105 Å². The van der Waals surface area contributed by atoms with Gasteiger partial charge in [-0.25, -0.2) is 50.5 Å². The first-order chi connectivity index (χ1) is 48.5. The Bertz CT molecular complexity index is 4570. The molecule has 2 aliphatic rings. The van der Waals surface area contributed by atoms with Crippen molar-refractivity contribution >= 4 is 60.1 Å². The summed E-state index contributed by atoms with van der Waals surface area (Å²) in [6.07, 6.45) is 0.615. The smallest absolute Gasteiger partial charge is 0.243 e. The summed E-state index contributed by atoms with van der Waals surface area (Å²) < 4.78 is 186. The molecule has 0 aliphatic carbocycles. The van der Waals surface area contributed by atoms with E-state index in [1.165, 1.54) is 50.1 Å². The third-order valence-electron chi connectivity index (χ3n) is 18.7. The van der Waals surface area contributed by atoms with Crippen molar-refractivity contribution in [3.8, 4) is 11.3 Å². The lowest BCUT2D eigenvalue weighted by Gasteiger charge is -2.32. The summed E-state index contributed by atoms with van der Waals surface area (Å²) in [6, 6.07) is 52.6. The van der Waals surface area contributed by atoms with Gasteiger partial charge in [0, 0.05) is 110 Å². The van der Waals surface area contributed by atoms with Crippen LogP contribution in [0, 0.1) is 41.5 Å². The maximum absolute atomic E-state index is 14.9. The first-order valence-corrected chi connectivity index (χ1v) is 43.1. The quantitative estimate of drug-likeness (QED) is 0.0823. The van der Waals surface area contributed by atoms with Crippen molar-refractivity contribution in [2.45, 2.75) is 110 Å². The largest absolute Gasteiger partial charge is 0.298 e. The zero-order chi connectivity index (χ0) is 73.0. The van der Waals surface area contributed by atoms with Gasteiger partial charge in [-0.15, -0.1) is 0 Å². The Balaban J connectivity index is 1.01. The minimum Gasteiger partial charge on any atom is -0.298 e. The molecule has 0 atom stereocenters. The summed E-state index contributed by atoms with van der Waals surface area (Å²) in [5.41, 5.74) is 7.91. The van der Waals surface area contributed by atoms with E-state index in [4.69, 9.17) is 4.98 Å². The number of rotatable bonds is 17. The van der Waals surface area contributed by atoms with Crippen molar-refractivity contribution in [1.82, 2.24) is 40.6 Å². The summed E-state index contributed by atoms with van der Waals surface area (Å²) in [4.78, 5) is 9.73. The highest BCUT2D eigenvalue weighted by atomic mass is 32.2. The highest BCUT2D eigenvalue weighted by Gasteiger charge is 2.35. The van der Waals surface area contributed by atoms with Crippen LogP contribution in [0.1, 0.15) is 70.3 Å². The Morgan fingerprint density at radius 2 is 0.500 bits per heavy atom. The fourth-order valence-electron chi connectivity index (χ4n) is 12.6. The normalized spacial score (nSPS) is 17.7. The molecule has 8 aromatic rings. The molecule has 0 amide bonds. The molecule has 10 rings (SSSR count). The number of hydrogen-bond acceptors (Lipinski definition) is 15. The monoisotopic (exact) mass is 1500 g/mol. The molecule has 102 heavy (non-hydrogen) atoms. The standard InChI is InChI=1S/C75H93N9O12S6/c1-60-16-28-69(29-17-60)97(85,86)79-44-12-46-83(101(93,94)73-36-24-64(5)25-37-73)54-52-81(99(89,90)71-32-20-62(3)21-33-71)42-10-40-77(48-50-79)58-66-56-68(76-75(57-66)67-14-8-7-9-15-67)59-78-41-11-43-82(100(91,92)72-34-22-63(4)23-35-72)53-55-84(102(95,96)74-38-26-65(6)27-39-74)47-13-45-80(51-49-78)98(87,88)70-30-18-61(2)19-31-70/h7-9,14-39,56-57H,10-13,40-55,58-59H2,1-6H3. The number of benzene rings is 7. The second-order valence-corrected chi connectivity index (χ2v) is 38.1. The van der Waals surface area contributed by atoms with E-state index >= 15 is 0 Å². The fourth-order valence-corrected chi connectivity index (χ4v) is 21.4. The van der Waals surface area contributed by atoms with Crippen LogP contribution in [-0.4, -0.2) is 196 Å². The Morgan fingerprint density at radius 1 is 0.265 bits per heavy atom. The molecule has 2 aliphatic heterocycles. The van der Waals surface area contributed by atoms with Crippen LogP contribution < -0.4 is 0 Å². The highest BCUT2D eigenvalue weighted by molar-refractivity contribution is 7.90. The molecule has 0 spiro atoms. The number of sulfonamides is 6. The lowest BCUT2D eigenvalue weighted by molar-refractivity contribution is 0.220. The summed E-state index contributed by atoms with van der Waals surface area (Å²) in [5, 5.41) is 0. The molecular formula is C75H93N9O12S6. The topological polar surface area (TPSA) is 244 Å². The van der Waals surface area contributed by atoms with Gasteiger partial charge in [-0.2, -0.15) is 25.8 Å². The SMILES string of the molecule is Cc1ccc(S(=O)(=O)N2CCCN(S(=O)(=O)c3ccc(C)cc3)CCN(S(=O)(=O)c3ccc(C)cc3)CCCN(Cc3cc(CN4CCCN(S(=O)(=O)c5ccc(C)cc5)CCN(S(=O)(=O)c5ccc(C)cc5)CCCN(S(=O)(=O)c5ccc(C)cc5)CC4)nc(-c4ccccc4)c3)CC2)cc1. The second-order valence-electron chi connectivity index (χ2n) is 26.5. The predicted octanol–water partition coefficient (Wildman–Crippen LogP) is 9.94. The van der Waals surface area contributed by atoms with Crippen LogP contribution in [0.2, 0.25) is 0 Å². The Hall–Kier alpha value is -6.93. The van der Waals surface area contributed by atoms with Crippen molar-refractivity contribution < 1.29 is 50.5 Å². The van der Waals surface area contributed by atoms with Gasteiger partial charge >= 0.3 is 0 Å². The van der Waals surface area contributed by atoms with Crippen molar-refractivity contribution in [3.05, 3.63) is 233 Å². The zero-order valence-corrected chi connectivity index (χ0v) is 63.7. The molecular weight excluding hydrogens is 1410 g/mol. The van der Waals surface area contributed by atoms with Crippen molar-refractivity contribution in [1.29, 1.82) is 0 Å². The van der Waals surface area contributed by atoms with Gasteiger partial charge in [0.1, 0.15) is 0 Å². The average molecular weight is 1510 g/mol. The predicted molar refractivity (Wildman–Crippen MR) is 398 cm³/mol. The number of pyridine rings is 1. The minimum atomic E-state index is -4.22. The van der Waals surface area contributed by atoms with E-state index in [0.29, 0.717) is 11.4 Å². The molecule has 1 aromatic heterocycles. The third-order valence-corrected chi connectivity index (χ3v) is 30.2. The molecule has 3 heterocycles. The summed E-state index contributed by atoms with van der Waals surface area (Å²) in [7, 11) is -25.2. The van der Waals surface area contributed by atoms with Gasteiger partial charge in [0.2, 0.25) is 60.1 Å². The summed E-state index contributed by atoms with van der Waals surface area (Å²) in [5.74, 6) is 0. The first kappa shape index (κ1) is 77.7. The van der Waals surface area contributed by atoms with Crippen LogP contribution >= 0.6 is 0 Å². The molecule has 0 bridgehead atoms. The van der Waals surface area contributed by atoms with Crippen molar-refractivity contribution in [3.63, 3.8) is 0 Å². The molecule has 2 saturated heterocycles. The molecule has 546 valence electrons. The van der Waals surface area contributed by atoms with Gasteiger partial charge < -0.3 is 0 Å². The number of nitrogens with zero attached hydrogens (tertiary/aromatic N) is 9. The van der Waals surface area contributed by atoms with Gasteiger partial charge in [0.05, 0.1) is 40.8 Å². The second kappa shape index (κ2) is 33.9. The summed E-state index contributed by atoms with van der Waals surface area (Å²) in [6.45, 7) is 11.0. The van der Waals surface area contributed by atoms with Crippen LogP contribution in [0.25, 0.3) is 11.3 Å². The molecule has 27 heteroatoms. The number of aromatic nitrogens is 1. The van der Waals surface area contributed by atoms with E-state index < -0.39 is 60.1 Å². The Morgan fingerprint density at radius 3 is 0.765 bits per heavy atom. The van der Waals surface area contributed by atoms with Crippen LogP contribution in [0.3, 0.4) is 0 Å². The maximum Gasteiger partial charge on any atom is 0.243 e. The average Bonchev–Trinajstić information content (AvgIpc) is 0.880. The fraction of sp³-hybridized carbons (Fsp3) is 0.373. The zero-order valence-electron chi connectivity index (χ0n) is 58.8. The molecule has 0 radical (unpaired) electrons. The van der Waals surface area contributed by atoms with E-state index in [1.807, 2.05) is 84.0 Å². The van der Waals surface area contributed by atoms with Gasteiger partial charge in [-0.3, -0.25) is 14.8 Å². The van der Waals surface area contributed by atoms with Crippen LogP contribution in [0.5, 0.6) is 0 Å². The van der Waals surface area contributed by atoms with E-state index in [2.05, 4.69) is 9.80 Å². The number of aryl methyl sites for hydroxylation is 6. The van der Waals surface area contributed by atoms with Gasteiger partial charge in [-0.1, -0.05) is 137 Å². The van der Waals surface area contributed by atoms with Crippen molar-refractivity contribution in [2.24, 2.45) is 0 Å². The Kier molecular flexibility index (Phi) is 25.8. The number of hydrogen-bond donors (Lipinski definition) is 0. The Labute approximate surface area is 605 Å². The molecule has 0 saturated carbocycles. The minimum absolute atomic E-state index is 0.0203. The molecule has 0 unspecified atom stereocenters. The van der Waals surface area contributed by atoms with Gasteiger partial charge in [0.15, 0.2) is 0 Å². The molecule has 0 N–H and O–H groups in total. The van der Waals surface area contributed by atoms with E-state index in [9.17, 15) is 50.5 Å². The van der Waals surface area contributed by atoms with Crippen LogP contribution in [0.4, 0.5) is 0 Å². The molecule has 7 aromatic carbocycles. The highest BCUT2D eigenvalue weighted by Crippen LogP contribution is 2.28. The third kappa shape index (κ3) is 19.5. The van der Waals surface area contributed by atoms with Gasteiger partial charge in [0.25, 0.3) is 0 Å². The van der Waals surface area contributed by atoms with Gasteiger partial charge in [-0.05, 0) is 171 Å².